The molecule has 2 heterocycles. The van der Waals surface area contributed by atoms with Crippen LogP contribution in [0.1, 0.15) is 69.9 Å². The van der Waals surface area contributed by atoms with Crippen molar-refractivity contribution in [2.24, 2.45) is 17.3 Å². The first-order valence-corrected chi connectivity index (χ1v) is 18.2. The van der Waals surface area contributed by atoms with E-state index in [1.54, 1.807) is 16.7 Å². The maximum atomic E-state index is 2.69. The van der Waals surface area contributed by atoms with Gasteiger partial charge in [0, 0.05) is 34.1 Å². The largest absolute Gasteiger partial charge is 0.331 e. The van der Waals surface area contributed by atoms with E-state index in [0.29, 0.717) is 17.8 Å². The molecule has 0 radical (unpaired) electrons. The summed E-state index contributed by atoms with van der Waals surface area (Å²) in [5.41, 5.74) is 14.3. The Morgan fingerprint density at radius 3 is 2.48 bits per heavy atom. The molecule has 2 heteroatoms. The molecule has 0 aromatic heterocycles. The van der Waals surface area contributed by atoms with Crippen LogP contribution in [-0.2, 0) is 0 Å². The van der Waals surface area contributed by atoms with Crippen molar-refractivity contribution in [1.82, 2.24) is 0 Å². The molecule has 2 bridgehead atoms. The minimum Gasteiger partial charge on any atom is -0.331 e. The van der Waals surface area contributed by atoms with Gasteiger partial charge < -0.3 is 9.80 Å². The van der Waals surface area contributed by atoms with E-state index in [0.717, 1.165) is 25.7 Å². The number of rotatable bonds is 4. The third-order valence-electron chi connectivity index (χ3n) is 12.9. The van der Waals surface area contributed by atoms with Crippen molar-refractivity contribution >= 4 is 22.6 Å². The first-order chi connectivity index (χ1) is 23.4. The molecular formula is C46H44N2. The normalized spacial score (nSPS) is 33.7. The molecule has 1 spiro atoms. The van der Waals surface area contributed by atoms with Crippen LogP contribution in [0.25, 0.3) is 5.57 Å². The van der Waals surface area contributed by atoms with Crippen LogP contribution < -0.4 is 9.80 Å². The monoisotopic (exact) mass is 624 g/mol. The van der Waals surface area contributed by atoms with E-state index in [2.05, 4.69) is 164 Å². The summed E-state index contributed by atoms with van der Waals surface area (Å²) in [5.74, 6) is 1.62. The summed E-state index contributed by atoms with van der Waals surface area (Å²) >= 11 is 0. The fourth-order valence-electron chi connectivity index (χ4n) is 10.7. The lowest BCUT2D eigenvalue weighted by Gasteiger charge is -2.42. The zero-order valence-corrected chi connectivity index (χ0v) is 28.4. The number of benzene rings is 3. The van der Waals surface area contributed by atoms with E-state index in [1.807, 2.05) is 0 Å². The highest BCUT2D eigenvalue weighted by Crippen LogP contribution is 2.70. The van der Waals surface area contributed by atoms with Gasteiger partial charge in [-0.2, -0.15) is 0 Å². The summed E-state index contributed by atoms with van der Waals surface area (Å²) in [5, 5.41) is 0. The maximum Gasteiger partial charge on any atom is 0.0714 e. The van der Waals surface area contributed by atoms with Crippen molar-refractivity contribution < 1.29 is 0 Å². The van der Waals surface area contributed by atoms with E-state index in [4.69, 9.17) is 0 Å². The highest BCUT2D eigenvalue weighted by Gasteiger charge is 2.65. The van der Waals surface area contributed by atoms with Gasteiger partial charge >= 0.3 is 0 Å². The molecule has 3 aromatic carbocycles. The highest BCUT2D eigenvalue weighted by molar-refractivity contribution is 5.80. The summed E-state index contributed by atoms with van der Waals surface area (Å²) in [6.07, 6.45) is 27.8. The molecule has 0 amide bonds. The second kappa shape index (κ2) is 9.98. The quantitative estimate of drug-likeness (QED) is 0.267. The Morgan fingerprint density at radius 2 is 1.60 bits per heavy atom. The SMILES string of the molecule is CC1C=CC=C(c2cccc(N3C4=C(CC(C)C=C4)C4=CC(C56C=CC7(C5)C(C6)c5ccccc5N7c5ccccc5)=CCC43C)c2)C1. The third kappa shape index (κ3) is 3.81. The Kier molecular flexibility index (Phi) is 5.92. The van der Waals surface area contributed by atoms with E-state index in [-0.39, 0.29) is 16.5 Å². The van der Waals surface area contributed by atoms with Gasteiger partial charge in [-0.1, -0.05) is 111 Å². The van der Waals surface area contributed by atoms with Crippen LogP contribution >= 0.6 is 0 Å². The minimum atomic E-state index is -0.108. The van der Waals surface area contributed by atoms with Crippen molar-refractivity contribution in [3.63, 3.8) is 0 Å². The Bertz CT molecular complexity index is 2090. The number of anilines is 3. The van der Waals surface area contributed by atoms with Crippen LogP contribution in [0.5, 0.6) is 0 Å². The van der Waals surface area contributed by atoms with Gasteiger partial charge in [-0.25, -0.2) is 0 Å². The number of hydrogen-bond donors (Lipinski definition) is 0. The Hall–Kier alpha value is -4.56. The third-order valence-corrected chi connectivity index (χ3v) is 12.9. The molecule has 0 N–H and O–H groups in total. The maximum absolute atomic E-state index is 2.69. The summed E-state index contributed by atoms with van der Waals surface area (Å²) < 4.78 is 0. The first-order valence-electron chi connectivity index (χ1n) is 18.2. The van der Waals surface area contributed by atoms with Gasteiger partial charge in [0.1, 0.15) is 0 Å². The lowest BCUT2D eigenvalue weighted by molar-refractivity contribution is 0.465. The Labute approximate surface area is 285 Å². The van der Waals surface area contributed by atoms with Gasteiger partial charge in [-0.05, 0) is 121 Å². The van der Waals surface area contributed by atoms with Crippen molar-refractivity contribution in [3.8, 4) is 0 Å². The molecule has 2 aliphatic heterocycles. The van der Waals surface area contributed by atoms with Crippen LogP contribution in [0, 0.1) is 17.3 Å². The smallest absolute Gasteiger partial charge is 0.0714 e. The van der Waals surface area contributed by atoms with E-state index in [1.165, 1.54) is 45.9 Å². The fourth-order valence-corrected chi connectivity index (χ4v) is 10.7. The predicted octanol–water partition coefficient (Wildman–Crippen LogP) is 11.4. The lowest BCUT2D eigenvalue weighted by atomic mass is 9.70. The molecule has 7 aliphatic rings. The fraction of sp³-hybridized carbons (Fsp3) is 0.304. The molecule has 6 unspecified atom stereocenters. The van der Waals surface area contributed by atoms with Crippen molar-refractivity contribution in [2.75, 3.05) is 9.80 Å². The lowest BCUT2D eigenvalue weighted by Crippen LogP contribution is -2.44. The summed E-state index contributed by atoms with van der Waals surface area (Å²) in [7, 11) is 0. The van der Waals surface area contributed by atoms with Crippen LogP contribution in [-0.4, -0.2) is 11.1 Å². The molecule has 3 aromatic rings. The minimum absolute atomic E-state index is 0.0136. The van der Waals surface area contributed by atoms with Crippen molar-refractivity contribution in [2.45, 2.75) is 69.9 Å². The number of nitrogens with zero attached hydrogens (tertiary/aromatic N) is 2. The van der Waals surface area contributed by atoms with Gasteiger partial charge in [0.2, 0.25) is 0 Å². The van der Waals surface area contributed by atoms with Gasteiger partial charge in [0.05, 0.1) is 11.1 Å². The molecule has 6 atom stereocenters. The molecule has 2 nitrogen and oxygen atoms in total. The topological polar surface area (TPSA) is 6.48 Å². The number of allylic oxidation sites excluding steroid dienone is 9. The van der Waals surface area contributed by atoms with E-state index in [9.17, 15) is 0 Å². The second-order valence-electron chi connectivity index (χ2n) is 15.9. The molecule has 238 valence electrons. The Morgan fingerprint density at radius 1 is 0.792 bits per heavy atom. The molecule has 0 saturated heterocycles. The van der Waals surface area contributed by atoms with Gasteiger partial charge in [-0.15, -0.1) is 0 Å². The predicted molar refractivity (Wildman–Crippen MR) is 200 cm³/mol. The highest BCUT2D eigenvalue weighted by atomic mass is 15.3. The molecular weight excluding hydrogens is 581 g/mol. The summed E-state index contributed by atoms with van der Waals surface area (Å²) in [6.45, 7) is 7.20. The average Bonchev–Trinajstić information content (AvgIpc) is 3.81. The molecule has 1 saturated carbocycles. The number of hydrogen-bond acceptors (Lipinski definition) is 2. The van der Waals surface area contributed by atoms with Crippen LogP contribution in [0.4, 0.5) is 17.1 Å². The zero-order valence-electron chi connectivity index (χ0n) is 28.4. The van der Waals surface area contributed by atoms with Crippen LogP contribution in [0.15, 0.2) is 156 Å². The number of para-hydroxylation sites is 2. The molecule has 1 fully saturated rings. The van der Waals surface area contributed by atoms with Crippen molar-refractivity contribution in [3.05, 3.63) is 167 Å². The summed E-state index contributed by atoms with van der Waals surface area (Å²) in [4.78, 5) is 5.37. The standard InChI is InChI=1S/C46H44N2/c1-31-11-9-12-33(25-31)34-13-10-16-37(27-34)47-43-20-19-32(2)26-39(43)40-28-35(21-22-44(40,47)3)45-23-24-46(30-45)41(29-45)38-17-7-8-18-42(38)48(46)36-14-5-4-6-15-36/h4-21,23-24,27-28,31-32,41H,22,25-26,29-30H2,1-3H3. The average molecular weight is 625 g/mol. The number of fused-ring (bicyclic) bond motifs is 5. The zero-order chi connectivity index (χ0) is 32.3. The Balaban J connectivity index is 1.05. The van der Waals surface area contributed by atoms with Gasteiger partial charge in [0.25, 0.3) is 0 Å². The molecule has 48 heavy (non-hydrogen) atoms. The van der Waals surface area contributed by atoms with Crippen LogP contribution in [0.2, 0.25) is 0 Å². The second-order valence-corrected chi connectivity index (χ2v) is 15.9. The molecule has 10 rings (SSSR count). The van der Waals surface area contributed by atoms with Gasteiger partial charge in [-0.3, -0.25) is 0 Å². The summed E-state index contributed by atoms with van der Waals surface area (Å²) in [6, 6.07) is 29.7. The molecule has 5 aliphatic carbocycles. The van der Waals surface area contributed by atoms with Crippen molar-refractivity contribution in [1.29, 1.82) is 0 Å². The van der Waals surface area contributed by atoms with Crippen LogP contribution in [0.3, 0.4) is 0 Å². The van der Waals surface area contributed by atoms with Gasteiger partial charge in [0.15, 0.2) is 0 Å². The van der Waals surface area contributed by atoms with E-state index >= 15 is 0 Å². The van der Waals surface area contributed by atoms with E-state index < -0.39 is 0 Å². The first kappa shape index (κ1) is 28.5.